The lowest BCUT2D eigenvalue weighted by atomic mass is 10.0. The molecule has 0 bridgehead atoms. The molecule has 7 nitrogen and oxygen atoms in total. The average molecular weight is 612 g/mol. The first kappa shape index (κ1) is 29.7. The standard InChI is InChI=1S/C28H23F6N3O4S/c29-27(30,31)19-5-4-18(20(14-19)28(32,33)34)15-36-9-7-17-12-16(3-6-21(17)36)13-23-24(38)37(26(41)42-23)11-10-35-8-1-2-22(35)25(39)40/h3-7,9,12-14,22H,1-2,8,10-11,15H2,(H,39,40)/t22-/m1/s1. The van der Waals surface area contributed by atoms with Gasteiger partial charge in [-0.05, 0) is 78.7 Å². The van der Waals surface area contributed by atoms with Gasteiger partial charge in [-0.1, -0.05) is 12.1 Å². The number of aromatic nitrogens is 1. The molecule has 222 valence electrons. The van der Waals surface area contributed by atoms with Crippen molar-refractivity contribution in [3.63, 3.8) is 0 Å². The van der Waals surface area contributed by atoms with E-state index in [1.54, 1.807) is 29.2 Å². The van der Waals surface area contributed by atoms with Gasteiger partial charge in [0, 0.05) is 36.7 Å². The van der Waals surface area contributed by atoms with Crippen molar-refractivity contribution in [2.45, 2.75) is 37.8 Å². The lowest BCUT2D eigenvalue weighted by molar-refractivity contribution is -0.144. The summed E-state index contributed by atoms with van der Waals surface area (Å²) in [7, 11) is 0. The SMILES string of the molecule is O=C(O)[C@H]1CCCN1CCN1C(=O)SC(=Cc2ccc3c(ccn3Cc3ccc(C(F)(F)F)cc3C(F)(F)F)c2)C1=O. The molecule has 5 rings (SSSR count). The number of nitrogens with zero attached hydrogens (tertiary/aromatic N) is 3. The number of rotatable bonds is 7. The third-order valence-electron chi connectivity index (χ3n) is 7.31. The second kappa shape index (κ2) is 11.1. The summed E-state index contributed by atoms with van der Waals surface area (Å²) in [5.74, 6) is -1.44. The zero-order valence-corrected chi connectivity index (χ0v) is 22.5. The molecule has 14 heteroatoms. The summed E-state index contributed by atoms with van der Waals surface area (Å²) < 4.78 is 81.4. The van der Waals surface area contributed by atoms with E-state index in [0.29, 0.717) is 35.5 Å². The number of halogens is 6. The van der Waals surface area contributed by atoms with Crippen LogP contribution in [0, 0.1) is 0 Å². The molecule has 3 aromatic rings. The molecule has 0 unspecified atom stereocenters. The maximum atomic E-state index is 13.6. The molecular weight excluding hydrogens is 588 g/mol. The lowest BCUT2D eigenvalue weighted by Crippen LogP contribution is -2.42. The summed E-state index contributed by atoms with van der Waals surface area (Å²) in [5, 5.41) is 9.47. The quantitative estimate of drug-likeness (QED) is 0.249. The number of carboxylic acids is 1. The fraction of sp³-hybridized carbons (Fsp3) is 0.321. The van der Waals surface area contributed by atoms with Gasteiger partial charge in [-0.15, -0.1) is 0 Å². The van der Waals surface area contributed by atoms with Crippen LogP contribution in [0.4, 0.5) is 31.1 Å². The average Bonchev–Trinajstić information content (AvgIpc) is 3.60. The Bertz CT molecular complexity index is 1600. The normalized spacial score (nSPS) is 19.5. The second-order valence-electron chi connectivity index (χ2n) is 9.99. The molecule has 42 heavy (non-hydrogen) atoms. The van der Waals surface area contributed by atoms with Crippen molar-refractivity contribution in [3.05, 3.63) is 75.8 Å². The minimum Gasteiger partial charge on any atom is -0.480 e. The summed E-state index contributed by atoms with van der Waals surface area (Å²) >= 11 is 0.757. The summed E-state index contributed by atoms with van der Waals surface area (Å²) in [6, 6.07) is 7.46. The molecule has 2 fully saturated rings. The number of carboxylic acid groups (broad SMARTS) is 1. The molecule has 2 aliphatic rings. The molecule has 2 aliphatic heterocycles. The topological polar surface area (TPSA) is 82.8 Å². The van der Waals surface area contributed by atoms with Crippen molar-refractivity contribution >= 4 is 45.9 Å². The van der Waals surface area contributed by atoms with E-state index in [0.717, 1.165) is 29.1 Å². The molecule has 1 aromatic heterocycles. The van der Waals surface area contributed by atoms with E-state index in [1.165, 1.54) is 16.8 Å². The largest absolute Gasteiger partial charge is 0.480 e. The molecule has 1 atom stereocenters. The molecule has 0 aliphatic carbocycles. The number of carbonyl (C=O) groups is 3. The van der Waals surface area contributed by atoms with Crippen LogP contribution in [0.5, 0.6) is 0 Å². The Morgan fingerprint density at radius 2 is 1.76 bits per heavy atom. The molecule has 0 radical (unpaired) electrons. The van der Waals surface area contributed by atoms with Crippen LogP contribution in [0.1, 0.15) is 35.1 Å². The molecular formula is C28H23F6N3O4S. The van der Waals surface area contributed by atoms with E-state index < -0.39 is 46.6 Å². The van der Waals surface area contributed by atoms with Crippen molar-refractivity contribution in [3.8, 4) is 0 Å². The number of aliphatic carboxylic acids is 1. The van der Waals surface area contributed by atoms with Crippen molar-refractivity contribution in [2.75, 3.05) is 19.6 Å². The fourth-order valence-corrected chi connectivity index (χ4v) is 6.10. The molecule has 2 aromatic carbocycles. The number of alkyl halides is 6. The predicted octanol–water partition coefficient (Wildman–Crippen LogP) is 6.31. The van der Waals surface area contributed by atoms with Crippen LogP contribution in [-0.2, 0) is 28.5 Å². The Kier molecular flexibility index (Phi) is 7.88. The summed E-state index contributed by atoms with van der Waals surface area (Å²) in [6.45, 7) is 0.543. The van der Waals surface area contributed by atoms with Gasteiger partial charge in [0.2, 0.25) is 0 Å². The van der Waals surface area contributed by atoms with Gasteiger partial charge in [-0.2, -0.15) is 26.3 Å². The third kappa shape index (κ3) is 6.04. The molecule has 0 saturated carbocycles. The molecule has 1 N–H and O–H groups in total. The van der Waals surface area contributed by atoms with Crippen LogP contribution in [0.3, 0.4) is 0 Å². The number of hydrogen-bond donors (Lipinski definition) is 1. The van der Waals surface area contributed by atoms with Gasteiger partial charge in [-0.3, -0.25) is 24.2 Å². The van der Waals surface area contributed by atoms with Gasteiger partial charge < -0.3 is 9.67 Å². The maximum absolute atomic E-state index is 13.6. The third-order valence-corrected chi connectivity index (χ3v) is 8.22. The highest BCUT2D eigenvalue weighted by atomic mass is 32.2. The Hall–Kier alpha value is -3.78. The van der Waals surface area contributed by atoms with E-state index >= 15 is 0 Å². The zero-order valence-electron chi connectivity index (χ0n) is 21.7. The van der Waals surface area contributed by atoms with Gasteiger partial charge in [0.25, 0.3) is 11.1 Å². The minimum atomic E-state index is -4.98. The summed E-state index contributed by atoms with van der Waals surface area (Å²) in [5.41, 5.74) is -2.00. The van der Waals surface area contributed by atoms with Crippen molar-refractivity contribution in [2.24, 2.45) is 0 Å². The highest BCUT2D eigenvalue weighted by Gasteiger charge is 2.39. The first-order valence-corrected chi connectivity index (χ1v) is 13.6. The van der Waals surface area contributed by atoms with Crippen LogP contribution in [-0.4, -0.2) is 62.3 Å². The van der Waals surface area contributed by atoms with E-state index in [2.05, 4.69) is 0 Å². The smallest absolute Gasteiger partial charge is 0.416 e. The number of thioether (sulfide) groups is 1. The maximum Gasteiger partial charge on any atom is 0.416 e. The Morgan fingerprint density at radius 1 is 1.00 bits per heavy atom. The van der Waals surface area contributed by atoms with Crippen molar-refractivity contribution < 1.29 is 45.8 Å². The molecule has 3 heterocycles. The number of imide groups is 1. The Labute approximate surface area is 239 Å². The van der Waals surface area contributed by atoms with Gasteiger partial charge in [-0.25, -0.2) is 0 Å². The van der Waals surface area contributed by atoms with Crippen LogP contribution in [0.15, 0.2) is 53.6 Å². The predicted molar refractivity (Wildman–Crippen MR) is 142 cm³/mol. The number of hydrogen-bond acceptors (Lipinski definition) is 5. The van der Waals surface area contributed by atoms with Gasteiger partial charge in [0.15, 0.2) is 0 Å². The summed E-state index contributed by atoms with van der Waals surface area (Å²) in [6.07, 6.45) is -5.63. The number of fused-ring (bicyclic) bond motifs is 1. The van der Waals surface area contributed by atoms with E-state index in [9.17, 15) is 45.8 Å². The van der Waals surface area contributed by atoms with Crippen LogP contribution in [0.25, 0.3) is 17.0 Å². The van der Waals surface area contributed by atoms with Crippen LogP contribution >= 0.6 is 11.8 Å². The van der Waals surface area contributed by atoms with E-state index in [4.69, 9.17) is 0 Å². The number of carbonyl (C=O) groups excluding carboxylic acids is 2. The van der Waals surface area contributed by atoms with Crippen molar-refractivity contribution in [1.29, 1.82) is 0 Å². The molecule has 2 amide bonds. The van der Waals surface area contributed by atoms with E-state index in [-0.39, 0.29) is 36.2 Å². The fourth-order valence-electron chi connectivity index (χ4n) is 5.23. The number of benzene rings is 2. The monoisotopic (exact) mass is 611 g/mol. The molecule has 0 spiro atoms. The first-order valence-electron chi connectivity index (χ1n) is 12.8. The van der Waals surface area contributed by atoms with Gasteiger partial charge >= 0.3 is 18.3 Å². The molecule has 2 saturated heterocycles. The zero-order chi connectivity index (χ0) is 30.4. The first-order chi connectivity index (χ1) is 19.7. The van der Waals surface area contributed by atoms with Gasteiger partial charge in [0.05, 0.1) is 16.0 Å². The van der Waals surface area contributed by atoms with Crippen LogP contribution in [0.2, 0.25) is 0 Å². The Morgan fingerprint density at radius 3 is 2.45 bits per heavy atom. The Balaban J connectivity index is 1.33. The van der Waals surface area contributed by atoms with E-state index in [1.807, 2.05) is 0 Å². The lowest BCUT2D eigenvalue weighted by Gasteiger charge is -2.23. The van der Waals surface area contributed by atoms with Crippen molar-refractivity contribution in [1.82, 2.24) is 14.4 Å². The number of amides is 2. The highest BCUT2D eigenvalue weighted by Crippen LogP contribution is 2.38. The highest BCUT2D eigenvalue weighted by molar-refractivity contribution is 8.18. The number of likely N-dealkylation sites (tertiary alicyclic amines) is 1. The summed E-state index contributed by atoms with van der Waals surface area (Å²) in [4.78, 5) is 39.8. The second-order valence-corrected chi connectivity index (χ2v) is 11.0. The van der Waals surface area contributed by atoms with Crippen LogP contribution < -0.4 is 0 Å². The minimum absolute atomic E-state index is 0.0531. The van der Waals surface area contributed by atoms with Gasteiger partial charge in [0.1, 0.15) is 6.04 Å².